The zero-order chi connectivity index (χ0) is 26.7. The summed E-state index contributed by atoms with van der Waals surface area (Å²) >= 11 is 0. The van der Waals surface area contributed by atoms with Crippen molar-refractivity contribution in [2.75, 3.05) is 0 Å². The maximum absolute atomic E-state index is 10.1. The van der Waals surface area contributed by atoms with Crippen LogP contribution in [-0.4, -0.2) is 9.79 Å². The first-order valence-corrected chi connectivity index (χ1v) is 16.2. The van der Waals surface area contributed by atoms with Crippen molar-refractivity contribution in [1.29, 1.82) is 0 Å². The number of rotatable bonds is 4. The Balaban J connectivity index is 0.000000199. The first-order valence-electron chi connectivity index (χ1n) is 13.6. The SMILES string of the molecule is OP(c1ccccc1)c1ccccc1.OP(c1ccccc1)c1ccccc1.[CH-]1CCCC1.[CH-]1CCCC1.[Ti+2]. The molecule has 0 atom stereocenters. The van der Waals surface area contributed by atoms with Gasteiger partial charge in [0.2, 0.25) is 0 Å². The van der Waals surface area contributed by atoms with Crippen molar-refractivity contribution in [2.24, 2.45) is 0 Å². The predicted molar refractivity (Wildman–Crippen MR) is 168 cm³/mol. The van der Waals surface area contributed by atoms with Crippen molar-refractivity contribution >= 4 is 37.5 Å². The van der Waals surface area contributed by atoms with E-state index in [0.29, 0.717) is 0 Å². The summed E-state index contributed by atoms with van der Waals surface area (Å²) < 4.78 is 0. The van der Waals surface area contributed by atoms with Crippen LogP contribution in [0.25, 0.3) is 0 Å². The van der Waals surface area contributed by atoms with Crippen LogP contribution in [0.1, 0.15) is 51.4 Å². The second-order valence-electron chi connectivity index (χ2n) is 9.11. The molecular formula is C34H40O2P2Ti. The number of hydrogen-bond donors (Lipinski definition) is 2. The molecule has 0 bridgehead atoms. The van der Waals surface area contributed by atoms with Crippen LogP contribution >= 0.6 is 16.3 Å². The first-order chi connectivity index (χ1) is 18.8. The molecule has 0 radical (unpaired) electrons. The van der Waals surface area contributed by atoms with Gasteiger partial charge in [0.25, 0.3) is 0 Å². The van der Waals surface area contributed by atoms with Crippen molar-refractivity contribution in [3.63, 3.8) is 0 Å². The van der Waals surface area contributed by atoms with Crippen LogP contribution in [0.5, 0.6) is 0 Å². The van der Waals surface area contributed by atoms with E-state index >= 15 is 0 Å². The minimum Gasteiger partial charge on any atom is -0.364 e. The summed E-state index contributed by atoms with van der Waals surface area (Å²) in [4.78, 5) is 20.1. The van der Waals surface area contributed by atoms with E-state index in [4.69, 9.17) is 0 Å². The smallest absolute Gasteiger partial charge is 0.364 e. The molecule has 2 fully saturated rings. The van der Waals surface area contributed by atoms with Gasteiger partial charge < -0.3 is 22.6 Å². The van der Waals surface area contributed by atoms with Crippen LogP contribution in [0.2, 0.25) is 0 Å². The summed E-state index contributed by atoms with van der Waals surface area (Å²) in [6, 6.07) is 39.1. The molecule has 4 aromatic carbocycles. The van der Waals surface area contributed by atoms with Crippen LogP contribution in [0.4, 0.5) is 0 Å². The van der Waals surface area contributed by atoms with E-state index in [0.717, 1.165) is 21.2 Å². The third kappa shape index (κ3) is 13.5. The molecule has 0 saturated heterocycles. The van der Waals surface area contributed by atoms with Crippen molar-refractivity contribution in [3.05, 3.63) is 134 Å². The van der Waals surface area contributed by atoms with Gasteiger partial charge in [-0.3, -0.25) is 0 Å². The molecule has 5 heteroatoms. The average Bonchev–Trinajstić information content (AvgIpc) is 3.79. The van der Waals surface area contributed by atoms with Gasteiger partial charge in [-0.2, -0.15) is 25.7 Å². The van der Waals surface area contributed by atoms with Gasteiger partial charge in [0.15, 0.2) is 0 Å². The number of hydrogen-bond acceptors (Lipinski definition) is 2. The van der Waals surface area contributed by atoms with Gasteiger partial charge in [-0.25, -0.2) is 0 Å². The Morgan fingerprint density at radius 3 is 0.744 bits per heavy atom. The summed E-state index contributed by atoms with van der Waals surface area (Å²) in [7, 11) is -2.34. The Morgan fingerprint density at radius 1 is 0.385 bits per heavy atom. The van der Waals surface area contributed by atoms with E-state index in [1.807, 2.05) is 121 Å². The normalized spacial score (nSPS) is 13.6. The van der Waals surface area contributed by atoms with E-state index in [2.05, 4.69) is 12.8 Å². The molecule has 0 spiro atoms. The molecule has 0 aliphatic heterocycles. The van der Waals surface area contributed by atoms with Gasteiger partial charge in [-0.15, -0.1) is 0 Å². The molecule has 2 saturated carbocycles. The van der Waals surface area contributed by atoms with Gasteiger partial charge in [-0.1, -0.05) is 147 Å². The fourth-order valence-electron chi connectivity index (χ4n) is 4.02. The van der Waals surface area contributed by atoms with Gasteiger partial charge in [0.1, 0.15) is 0 Å². The molecule has 0 aromatic heterocycles. The second-order valence-corrected chi connectivity index (χ2v) is 12.4. The molecule has 0 unspecified atom stereocenters. The zero-order valence-corrected chi connectivity index (χ0v) is 26.0. The molecule has 2 aliphatic rings. The van der Waals surface area contributed by atoms with Crippen molar-refractivity contribution < 1.29 is 31.5 Å². The Morgan fingerprint density at radius 2 is 0.590 bits per heavy atom. The van der Waals surface area contributed by atoms with E-state index in [9.17, 15) is 9.79 Å². The molecule has 39 heavy (non-hydrogen) atoms. The minimum absolute atomic E-state index is 0. The van der Waals surface area contributed by atoms with E-state index < -0.39 is 16.3 Å². The average molecular weight is 591 g/mol. The quantitative estimate of drug-likeness (QED) is 0.146. The zero-order valence-electron chi connectivity index (χ0n) is 22.6. The minimum atomic E-state index is -1.17. The third-order valence-electron chi connectivity index (χ3n) is 6.14. The van der Waals surface area contributed by atoms with Gasteiger partial charge >= 0.3 is 21.7 Å². The summed E-state index contributed by atoms with van der Waals surface area (Å²) in [6.07, 6.45) is 16.0. The molecule has 2 nitrogen and oxygen atoms in total. The Labute approximate surface area is 253 Å². The number of benzene rings is 4. The van der Waals surface area contributed by atoms with Crippen molar-refractivity contribution in [2.45, 2.75) is 51.4 Å². The van der Waals surface area contributed by atoms with Gasteiger partial charge in [-0.05, 0) is 0 Å². The Kier molecular flexibility index (Phi) is 18.2. The predicted octanol–water partition coefficient (Wildman–Crippen LogP) is 7.58. The third-order valence-corrected chi connectivity index (χ3v) is 9.29. The maximum Gasteiger partial charge on any atom is 2.00 e. The molecule has 0 heterocycles. The van der Waals surface area contributed by atoms with E-state index in [1.54, 1.807) is 0 Å². The summed E-state index contributed by atoms with van der Waals surface area (Å²) in [6.45, 7) is 0. The molecule has 6 rings (SSSR count). The second kappa shape index (κ2) is 21.2. The maximum atomic E-state index is 10.1. The molecule has 4 aromatic rings. The van der Waals surface area contributed by atoms with Crippen molar-refractivity contribution in [1.82, 2.24) is 0 Å². The summed E-state index contributed by atoms with van der Waals surface area (Å²) in [5.74, 6) is 0. The molecule has 2 aliphatic carbocycles. The van der Waals surface area contributed by atoms with Gasteiger partial charge in [0.05, 0.1) is 16.3 Å². The van der Waals surface area contributed by atoms with E-state index in [1.165, 1.54) is 51.4 Å². The fourth-order valence-corrected chi connectivity index (χ4v) is 6.43. The first kappa shape index (κ1) is 33.6. The molecule has 2 N–H and O–H groups in total. The molecule has 202 valence electrons. The standard InChI is InChI=1S/2C12H11OP.2C5H9.Ti/c2*13-14(11-7-3-1-4-8-11)12-9-5-2-6-10-12;2*1-2-4-5-3-1;/h2*1-10,13H;2*1H,2-5H2;/q;;2*-1;+2. The van der Waals surface area contributed by atoms with Crippen LogP contribution in [-0.2, 0) is 21.7 Å². The van der Waals surface area contributed by atoms with Crippen LogP contribution in [0.15, 0.2) is 121 Å². The Hall–Kier alpha value is -1.63. The summed E-state index contributed by atoms with van der Waals surface area (Å²) in [5.41, 5.74) is 0. The summed E-state index contributed by atoms with van der Waals surface area (Å²) in [5, 5.41) is 3.98. The molecular weight excluding hydrogens is 550 g/mol. The van der Waals surface area contributed by atoms with Crippen molar-refractivity contribution in [3.8, 4) is 0 Å². The van der Waals surface area contributed by atoms with Crippen LogP contribution < -0.4 is 21.2 Å². The van der Waals surface area contributed by atoms with Gasteiger partial charge in [0, 0.05) is 21.2 Å². The topological polar surface area (TPSA) is 40.5 Å². The van der Waals surface area contributed by atoms with E-state index in [-0.39, 0.29) is 21.7 Å². The Bertz CT molecular complexity index is 906. The fraction of sp³-hybridized carbons (Fsp3) is 0.235. The van der Waals surface area contributed by atoms with Crippen LogP contribution in [0, 0.1) is 12.8 Å². The molecule has 0 amide bonds. The van der Waals surface area contributed by atoms with Crippen LogP contribution in [0.3, 0.4) is 0 Å². The monoisotopic (exact) mass is 590 g/mol. The largest absolute Gasteiger partial charge is 2.00 e.